The van der Waals surface area contributed by atoms with Gasteiger partial charge in [0.2, 0.25) is 5.91 Å². The summed E-state index contributed by atoms with van der Waals surface area (Å²) < 4.78 is 2.28. The number of aryl methyl sites for hydroxylation is 2. The van der Waals surface area contributed by atoms with Crippen molar-refractivity contribution < 1.29 is 4.79 Å². The van der Waals surface area contributed by atoms with Crippen LogP contribution in [-0.4, -0.2) is 22.0 Å². The average Bonchev–Trinajstić information content (AvgIpc) is 2.95. The average molecular weight is 349 g/mol. The molecule has 0 radical (unpaired) electrons. The van der Waals surface area contributed by atoms with E-state index in [1.165, 1.54) is 16.7 Å². The van der Waals surface area contributed by atoms with Crippen LogP contribution in [0.25, 0.3) is 11.0 Å². The fourth-order valence-corrected chi connectivity index (χ4v) is 3.14. The number of amides is 1. The highest BCUT2D eigenvalue weighted by atomic mass is 16.1. The quantitative estimate of drug-likeness (QED) is 0.731. The lowest BCUT2D eigenvalue weighted by Gasteiger charge is -2.13. The molecule has 0 aliphatic rings. The van der Waals surface area contributed by atoms with Gasteiger partial charge >= 0.3 is 0 Å². The smallest absolute Gasteiger partial charge is 0.222 e. The number of fused-ring (bicyclic) bond motifs is 1. The zero-order chi connectivity index (χ0) is 18.7. The molecule has 0 bridgehead atoms. The van der Waals surface area contributed by atoms with Crippen LogP contribution in [0.1, 0.15) is 36.4 Å². The molecule has 0 spiro atoms. The molecule has 136 valence electrons. The van der Waals surface area contributed by atoms with E-state index in [4.69, 9.17) is 4.98 Å². The first-order valence-corrected chi connectivity index (χ1v) is 9.23. The first kappa shape index (κ1) is 18.2. The fraction of sp³-hybridized carbons (Fsp3) is 0.364. The molecule has 1 heterocycles. The molecule has 4 nitrogen and oxygen atoms in total. The van der Waals surface area contributed by atoms with E-state index in [0.29, 0.717) is 6.54 Å². The zero-order valence-corrected chi connectivity index (χ0v) is 16.0. The lowest BCUT2D eigenvalue weighted by atomic mass is 10.1. The maximum Gasteiger partial charge on any atom is 0.222 e. The van der Waals surface area contributed by atoms with Crippen LogP contribution in [0.4, 0.5) is 0 Å². The molecular formula is C22H27N3O. The predicted molar refractivity (Wildman–Crippen MR) is 106 cm³/mol. The second-order valence-electron chi connectivity index (χ2n) is 7.23. The predicted octanol–water partition coefficient (Wildman–Crippen LogP) is 4.02. The summed E-state index contributed by atoms with van der Waals surface area (Å²) in [5.74, 6) is 1.10. The highest BCUT2D eigenvalue weighted by Gasteiger charge is 2.13. The van der Waals surface area contributed by atoms with Crippen LogP contribution in [0.15, 0.2) is 42.5 Å². The Morgan fingerprint density at radius 2 is 1.92 bits per heavy atom. The standard InChI is InChI=1S/C22H27N3O/c1-15(2)22(26)23-12-11-21-24-19-7-5-6-8-20(19)25(21)14-18-13-16(3)9-10-17(18)4/h5-10,13,15H,11-12,14H2,1-4H3,(H,23,26). The van der Waals surface area contributed by atoms with Gasteiger partial charge in [0.15, 0.2) is 0 Å². The zero-order valence-electron chi connectivity index (χ0n) is 16.0. The van der Waals surface area contributed by atoms with E-state index in [1.54, 1.807) is 0 Å². The van der Waals surface area contributed by atoms with E-state index in [-0.39, 0.29) is 11.8 Å². The van der Waals surface area contributed by atoms with Crippen LogP contribution in [0, 0.1) is 19.8 Å². The third kappa shape index (κ3) is 3.96. The van der Waals surface area contributed by atoms with E-state index in [9.17, 15) is 4.79 Å². The molecule has 3 aromatic rings. The number of hydrogen-bond donors (Lipinski definition) is 1. The molecule has 3 rings (SSSR count). The fourth-order valence-electron chi connectivity index (χ4n) is 3.14. The molecule has 1 aromatic heterocycles. The van der Waals surface area contributed by atoms with Crippen molar-refractivity contribution in [1.82, 2.24) is 14.9 Å². The lowest BCUT2D eigenvalue weighted by Crippen LogP contribution is -2.30. The minimum atomic E-state index is 0.00348. The Balaban J connectivity index is 1.89. The molecule has 0 fully saturated rings. The van der Waals surface area contributed by atoms with Crippen molar-refractivity contribution in [2.75, 3.05) is 6.54 Å². The Hall–Kier alpha value is -2.62. The minimum Gasteiger partial charge on any atom is -0.355 e. The van der Waals surface area contributed by atoms with E-state index in [0.717, 1.165) is 29.8 Å². The number of nitrogens with zero attached hydrogens (tertiary/aromatic N) is 2. The highest BCUT2D eigenvalue weighted by molar-refractivity contribution is 5.78. The SMILES string of the molecule is Cc1ccc(C)c(Cn2c(CCNC(=O)C(C)C)nc3ccccc32)c1. The van der Waals surface area contributed by atoms with Gasteiger partial charge in [0.1, 0.15) is 5.82 Å². The Bertz CT molecular complexity index is 924. The van der Waals surface area contributed by atoms with Crippen LogP contribution < -0.4 is 5.32 Å². The number of para-hydroxylation sites is 2. The van der Waals surface area contributed by atoms with E-state index in [2.05, 4.69) is 48.0 Å². The molecular weight excluding hydrogens is 322 g/mol. The number of hydrogen-bond acceptors (Lipinski definition) is 2. The van der Waals surface area contributed by atoms with Gasteiger partial charge in [-0.05, 0) is 37.1 Å². The number of benzene rings is 2. The second kappa shape index (κ2) is 7.73. The van der Waals surface area contributed by atoms with E-state index >= 15 is 0 Å². The summed E-state index contributed by atoms with van der Waals surface area (Å²) in [6.07, 6.45) is 0.720. The highest BCUT2D eigenvalue weighted by Crippen LogP contribution is 2.20. The van der Waals surface area contributed by atoms with Crippen molar-refractivity contribution in [3.05, 3.63) is 65.0 Å². The number of nitrogens with one attached hydrogen (secondary N) is 1. The second-order valence-corrected chi connectivity index (χ2v) is 7.23. The maximum atomic E-state index is 11.8. The molecule has 0 atom stereocenters. The lowest BCUT2D eigenvalue weighted by molar-refractivity contribution is -0.123. The Kier molecular flexibility index (Phi) is 5.40. The number of rotatable bonds is 6. The molecule has 26 heavy (non-hydrogen) atoms. The molecule has 1 N–H and O–H groups in total. The first-order chi connectivity index (χ1) is 12.5. The minimum absolute atomic E-state index is 0.00348. The monoisotopic (exact) mass is 349 g/mol. The van der Waals surface area contributed by atoms with Gasteiger partial charge in [-0.2, -0.15) is 0 Å². The van der Waals surface area contributed by atoms with Crippen LogP contribution in [0.3, 0.4) is 0 Å². The van der Waals surface area contributed by atoms with Crippen molar-refractivity contribution >= 4 is 16.9 Å². The largest absolute Gasteiger partial charge is 0.355 e. The normalized spacial score (nSPS) is 11.3. The van der Waals surface area contributed by atoms with Gasteiger partial charge in [0.05, 0.1) is 11.0 Å². The van der Waals surface area contributed by atoms with Crippen LogP contribution in [0.5, 0.6) is 0 Å². The Morgan fingerprint density at radius 3 is 2.69 bits per heavy atom. The molecule has 2 aromatic carbocycles. The molecule has 1 amide bonds. The van der Waals surface area contributed by atoms with Gasteiger partial charge in [0, 0.05) is 25.4 Å². The molecule has 0 aliphatic heterocycles. The number of imidazole rings is 1. The molecule has 0 aliphatic carbocycles. The van der Waals surface area contributed by atoms with E-state index < -0.39 is 0 Å². The van der Waals surface area contributed by atoms with Crippen molar-refractivity contribution in [2.24, 2.45) is 5.92 Å². The number of carbonyl (C=O) groups is 1. The van der Waals surface area contributed by atoms with Gasteiger partial charge in [-0.15, -0.1) is 0 Å². The number of aromatic nitrogens is 2. The first-order valence-electron chi connectivity index (χ1n) is 9.23. The molecule has 0 saturated carbocycles. The van der Waals surface area contributed by atoms with Crippen LogP contribution >= 0.6 is 0 Å². The van der Waals surface area contributed by atoms with Crippen molar-refractivity contribution in [3.63, 3.8) is 0 Å². The summed E-state index contributed by atoms with van der Waals surface area (Å²) in [5.41, 5.74) is 6.00. The summed E-state index contributed by atoms with van der Waals surface area (Å²) in [6, 6.07) is 14.8. The third-order valence-electron chi connectivity index (χ3n) is 4.74. The summed E-state index contributed by atoms with van der Waals surface area (Å²) in [6.45, 7) is 9.48. The Morgan fingerprint density at radius 1 is 1.15 bits per heavy atom. The number of carbonyl (C=O) groups excluding carboxylic acids is 1. The van der Waals surface area contributed by atoms with E-state index in [1.807, 2.05) is 32.0 Å². The van der Waals surface area contributed by atoms with Gasteiger partial charge in [0.25, 0.3) is 0 Å². The van der Waals surface area contributed by atoms with Crippen molar-refractivity contribution in [2.45, 2.75) is 40.7 Å². The molecule has 0 saturated heterocycles. The molecule has 0 unspecified atom stereocenters. The summed E-state index contributed by atoms with van der Waals surface area (Å²) >= 11 is 0. The van der Waals surface area contributed by atoms with Crippen LogP contribution in [0.2, 0.25) is 0 Å². The van der Waals surface area contributed by atoms with Gasteiger partial charge < -0.3 is 9.88 Å². The van der Waals surface area contributed by atoms with Gasteiger partial charge in [-0.25, -0.2) is 4.98 Å². The summed E-state index contributed by atoms with van der Waals surface area (Å²) in [5, 5.41) is 2.99. The van der Waals surface area contributed by atoms with Crippen molar-refractivity contribution in [1.29, 1.82) is 0 Å². The third-order valence-corrected chi connectivity index (χ3v) is 4.74. The van der Waals surface area contributed by atoms with Crippen molar-refractivity contribution in [3.8, 4) is 0 Å². The van der Waals surface area contributed by atoms with Gasteiger partial charge in [-0.3, -0.25) is 4.79 Å². The van der Waals surface area contributed by atoms with Gasteiger partial charge in [-0.1, -0.05) is 49.7 Å². The molecule has 4 heteroatoms. The topological polar surface area (TPSA) is 46.9 Å². The maximum absolute atomic E-state index is 11.8. The van der Waals surface area contributed by atoms with Crippen LogP contribution in [-0.2, 0) is 17.8 Å². The summed E-state index contributed by atoms with van der Waals surface area (Å²) in [7, 11) is 0. The Labute approximate surface area is 155 Å². The summed E-state index contributed by atoms with van der Waals surface area (Å²) in [4.78, 5) is 16.6.